The Morgan fingerprint density at radius 1 is 1.10 bits per heavy atom. The van der Waals surface area contributed by atoms with E-state index in [1.807, 2.05) is 67.5 Å². The second kappa shape index (κ2) is 7.93. The van der Waals surface area contributed by atoms with Gasteiger partial charge < -0.3 is 19.7 Å². The van der Waals surface area contributed by atoms with Crippen molar-refractivity contribution in [3.8, 4) is 22.6 Å². The maximum Gasteiger partial charge on any atom is 0.172 e. The van der Waals surface area contributed by atoms with E-state index in [0.717, 1.165) is 39.4 Å². The van der Waals surface area contributed by atoms with Crippen molar-refractivity contribution in [1.29, 1.82) is 0 Å². The lowest BCUT2D eigenvalue weighted by atomic mass is 9.88. The van der Waals surface area contributed by atoms with Gasteiger partial charge in [-0.2, -0.15) is 0 Å². The zero-order valence-electron chi connectivity index (χ0n) is 16.4. The number of ether oxygens (including phenoxy) is 2. The van der Waals surface area contributed by atoms with Crippen LogP contribution in [0.3, 0.4) is 0 Å². The number of rotatable bonds is 3. The number of benzene rings is 3. The highest BCUT2D eigenvalue weighted by atomic mass is 35.5. The minimum atomic E-state index is -0.294. The summed E-state index contributed by atoms with van der Waals surface area (Å²) < 4.78 is 12.1. The van der Waals surface area contributed by atoms with Crippen LogP contribution in [-0.2, 0) is 0 Å². The van der Waals surface area contributed by atoms with Crippen molar-refractivity contribution in [2.24, 2.45) is 0 Å². The van der Waals surface area contributed by atoms with Crippen molar-refractivity contribution in [3.05, 3.63) is 76.8 Å². The van der Waals surface area contributed by atoms with Gasteiger partial charge in [-0.1, -0.05) is 35.9 Å². The van der Waals surface area contributed by atoms with Crippen molar-refractivity contribution >= 4 is 34.6 Å². The van der Waals surface area contributed by atoms with Gasteiger partial charge in [0.1, 0.15) is 17.6 Å². The molecule has 3 aromatic carbocycles. The highest BCUT2D eigenvalue weighted by molar-refractivity contribution is 7.80. The molecule has 1 N–H and O–H groups in total. The molecular weight excluding hydrogens is 404 g/mol. The highest BCUT2D eigenvalue weighted by Gasteiger charge is 2.30. The first kappa shape index (κ1) is 19.6. The third kappa shape index (κ3) is 3.76. The van der Waals surface area contributed by atoms with Crippen LogP contribution in [0.4, 0.5) is 5.69 Å². The summed E-state index contributed by atoms with van der Waals surface area (Å²) in [4.78, 5) is 1.86. The smallest absolute Gasteiger partial charge is 0.172 e. The van der Waals surface area contributed by atoms with Gasteiger partial charge in [-0.05, 0) is 59.7 Å². The molecule has 0 saturated carbocycles. The van der Waals surface area contributed by atoms with E-state index in [0.29, 0.717) is 10.1 Å². The number of thiocarbonyl (C=S) groups is 1. The molecule has 1 unspecified atom stereocenters. The standard InChI is InChI=1S/C23H21ClN2O2S/c1-26(2)23(29)25-16-10-11-17-18(13-16)22(14-6-4-7-15(24)12-14)28-20-9-5-8-19(27-3)21(17)20/h4-13,22H,1-3H3,(H,25,29). The van der Waals surface area contributed by atoms with Gasteiger partial charge in [0, 0.05) is 30.4 Å². The minimum absolute atomic E-state index is 0.294. The van der Waals surface area contributed by atoms with Gasteiger partial charge in [-0.15, -0.1) is 0 Å². The van der Waals surface area contributed by atoms with Crippen LogP contribution in [0, 0.1) is 0 Å². The molecule has 0 spiro atoms. The lowest BCUT2D eigenvalue weighted by Crippen LogP contribution is -2.27. The third-order valence-electron chi connectivity index (χ3n) is 4.86. The van der Waals surface area contributed by atoms with Gasteiger partial charge >= 0.3 is 0 Å². The fourth-order valence-electron chi connectivity index (χ4n) is 3.47. The Hall–Kier alpha value is -2.76. The Morgan fingerprint density at radius 3 is 2.62 bits per heavy atom. The fourth-order valence-corrected chi connectivity index (χ4v) is 3.79. The minimum Gasteiger partial charge on any atom is -0.496 e. The van der Waals surface area contributed by atoms with E-state index in [2.05, 4.69) is 17.4 Å². The van der Waals surface area contributed by atoms with Crippen LogP contribution in [-0.4, -0.2) is 31.2 Å². The average Bonchev–Trinajstić information content (AvgIpc) is 2.72. The third-order valence-corrected chi connectivity index (χ3v) is 5.57. The molecule has 3 aromatic rings. The van der Waals surface area contributed by atoms with Gasteiger partial charge in [0.15, 0.2) is 5.11 Å². The number of anilines is 1. The van der Waals surface area contributed by atoms with Crippen LogP contribution in [0.2, 0.25) is 5.02 Å². The number of fused-ring (bicyclic) bond motifs is 3. The molecule has 0 radical (unpaired) electrons. The van der Waals surface area contributed by atoms with Crippen LogP contribution >= 0.6 is 23.8 Å². The summed E-state index contributed by atoms with van der Waals surface area (Å²) in [6, 6.07) is 19.8. The molecule has 1 aliphatic rings. The predicted molar refractivity (Wildman–Crippen MR) is 122 cm³/mol. The molecule has 0 amide bonds. The molecule has 29 heavy (non-hydrogen) atoms. The van der Waals surface area contributed by atoms with Crippen molar-refractivity contribution in [2.75, 3.05) is 26.5 Å². The molecule has 4 rings (SSSR count). The van der Waals surface area contributed by atoms with E-state index in [1.54, 1.807) is 7.11 Å². The normalized spacial score (nSPS) is 14.3. The Morgan fingerprint density at radius 2 is 1.90 bits per heavy atom. The Labute approximate surface area is 181 Å². The molecular formula is C23H21ClN2O2S. The van der Waals surface area contributed by atoms with E-state index in [1.165, 1.54) is 0 Å². The highest BCUT2D eigenvalue weighted by Crippen LogP contribution is 2.49. The molecule has 0 aliphatic carbocycles. The average molecular weight is 425 g/mol. The SMILES string of the molecule is COc1cccc2c1-c1ccc(NC(=S)N(C)C)cc1C(c1cccc(Cl)c1)O2. The summed E-state index contributed by atoms with van der Waals surface area (Å²) in [5.74, 6) is 1.56. The molecule has 1 heterocycles. The zero-order valence-corrected chi connectivity index (χ0v) is 18.0. The molecule has 0 bridgehead atoms. The second-order valence-corrected chi connectivity index (χ2v) is 7.84. The molecule has 6 heteroatoms. The number of hydrogen-bond donors (Lipinski definition) is 1. The van der Waals surface area contributed by atoms with Crippen molar-refractivity contribution in [2.45, 2.75) is 6.10 Å². The Kier molecular flexibility index (Phi) is 5.35. The van der Waals surface area contributed by atoms with Gasteiger partial charge in [0.05, 0.1) is 12.7 Å². The summed E-state index contributed by atoms with van der Waals surface area (Å²) in [5, 5.41) is 4.58. The van der Waals surface area contributed by atoms with Crippen LogP contribution < -0.4 is 14.8 Å². The van der Waals surface area contributed by atoms with E-state index in [4.69, 9.17) is 33.3 Å². The van der Waals surface area contributed by atoms with Gasteiger partial charge in [-0.3, -0.25) is 0 Å². The molecule has 1 aliphatic heterocycles. The summed E-state index contributed by atoms with van der Waals surface area (Å²) in [6.45, 7) is 0. The molecule has 0 aromatic heterocycles. The van der Waals surface area contributed by atoms with E-state index in [-0.39, 0.29) is 6.10 Å². The molecule has 148 valence electrons. The topological polar surface area (TPSA) is 33.7 Å². The van der Waals surface area contributed by atoms with Crippen molar-refractivity contribution in [3.63, 3.8) is 0 Å². The quantitative estimate of drug-likeness (QED) is 0.541. The predicted octanol–water partition coefficient (Wildman–Crippen LogP) is 5.76. The molecule has 4 nitrogen and oxygen atoms in total. The van der Waals surface area contributed by atoms with Crippen molar-refractivity contribution < 1.29 is 9.47 Å². The first-order valence-electron chi connectivity index (χ1n) is 9.19. The van der Waals surface area contributed by atoms with E-state index in [9.17, 15) is 0 Å². The molecule has 0 fully saturated rings. The first-order valence-corrected chi connectivity index (χ1v) is 9.98. The van der Waals surface area contributed by atoms with Crippen LogP contribution in [0.5, 0.6) is 11.5 Å². The summed E-state index contributed by atoms with van der Waals surface area (Å²) >= 11 is 11.7. The first-order chi connectivity index (χ1) is 14.0. The van der Waals surface area contributed by atoms with Crippen LogP contribution in [0.15, 0.2) is 60.7 Å². The lowest BCUT2D eigenvalue weighted by Gasteiger charge is -2.31. The van der Waals surface area contributed by atoms with Gasteiger partial charge in [0.25, 0.3) is 0 Å². The lowest BCUT2D eigenvalue weighted by molar-refractivity contribution is 0.242. The second-order valence-electron chi connectivity index (χ2n) is 7.01. The number of halogens is 1. The number of methoxy groups -OCH3 is 1. The van der Waals surface area contributed by atoms with Gasteiger partial charge in [-0.25, -0.2) is 0 Å². The monoisotopic (exact) mass is 424 g/mol. The number of hydrogen-bond acceptors (Lipinski definition) is 3. The maximum atomic E-state index is 6.44. The number of nitrogens with one attached hydrogen (secondary N) is 1. The number of nitrogens with zero attached hydrogens (tertiary/aromatic N) is 1. The zero-order chi connectivity index (χ0) is 20.5. The Bertz CT molecular complexity index is 1080. The summed E-state index contributed by atoms with van der Waals surface area (Å²) in [7, 11) is 5.49. The van der Waals surface area contributed by atoms with Crippen LogP contribution in [0.1, 0.15) is 17.2 Å². The fraction of sp³-hybridized carbons (Fsp3) is 0.174. The van der Waals surface area contributed by atoms with E-state index < -0.39 is 0 Å². The largest absolute Gasteiger partial charge is 0.496 e. The van der Waals surface area contributed by atoms with Crippen molar-refractivity contribution in [1.82, 2.24) is 4.90 Å². The van der Waals surface area contributed by atoms with Gasteiger partial charge in [0.2, 0.25) is 0 Å². The molecule has 0 saturated heterocycles. The summed E-state index contributed by atoms with van der Waals surface area (Å²) in [5.41, 5.74) is 4.92. The van der Waals surface area contributed by atoms with E-state index >= 15 is 0 Å². The Balaban J connectivity index is 1.88. The molecule has 1 atom stereocenters. The maximum absolute atomic E-state index is 6.44. The van der Waals surface area contributed by atoms with Crippen LogP contribution in [0.25, 0.3) is 11.1 Å². The summed E-state index contributed by atoms with van der Waals surface area (Å²) in [6.07, 6.45) is -0.294.